The third-order valence-electron chi connectivity index (χ3n) is 3.02. The lowest BCUT2D eigenvalue weighted by Crippen LogP contribution is -2.24. The van der Waals surface area contributed by atoms with Crippen LogP contribution in [0.4, 0.5) is 5.69 Å². The molecule has 5 nitrogen and oxygen atoms in total. The minimum absolute atomic E-state index is 0.140. The van der Waals surface area contributed by atoms with E-state index in [1.165, 1.54) is 0 Å². The summed E-state index contributed by atoms with van der Waals surface area (Å²) in [7, 11) is 0. The summed E-state index contributed by atoms with van der Waals surface area (Å²) >= 11 is 0. The van der Waals surface area contributed by atoms with Crippen molar-refractivity contribution < 1.29 is 9.47 Å². The molecule has 0 bridgehead atoms. The van der Waals surface area contributed by atoms with Crippen LogP contribution in [0.3, 0.4) is 0 Å². The number of nitrogens with zero attached hydrogens (tertiary/aromatic N) is 1. The molecular formula is C17H22N2O3. The van der Waals surface area contributed by atoms with Gasteiger partial charge in [0.25, 0.3) is 5.56 Å². The maximum atomic E-state index is 12.2. The van der Waals surface area contributed by atoms with E-state index in [1.807, 2.05) is 26.0 Å². The molecule has 0 aliphatic heterocycles. The number of pyridine rings is 1. The summed E-state index contributed by atoms with van der Waals surface area (Å²) in [6.07, 6.45) is 1.73. The molecular weight excluding hydrogens is 280 g/mol. The number of rotatable bonds is 7. The number of hydrogen-bond acceptors (Lipinski definition) is 4. The van der Waals surface area contributed by atoms with E-state index in [0.717, 1.165) is 0 Å². The van der Waals surface area contributed by atoms with Crippen molar-refractivity contribution in [2.75, 3.05) is 18.9 Å². The van der Waals surface area contributed by atoms with Gasteiger partial charge in [-0.15, -0.1) is 0 Å². The number of nitrogen functional groups attached to an aromatic ring is 1. The summed E-state index contributed by atoms with van der Waals surface area (Å²) in [6.45, 7) is 5.45. The second-order valence-corrected chi connectivity index (χ2v) is 5.50. The Morgan fingerprint density at radius 2 is 2.00 bits per heavy atom. The zero-order valence-electron chi connectivity index (χ0n) is 13.0. The van der Waals surface area contributed by atoms with Gasteiger partial charge >= 0.3 is 0 Å². The van der Waals surface area contributed by atoms with E-state index >= 15 is 0 Å². The third kappa shape index (κ3) is 4.55. The fourth-order valence-electron chi connectivity index (χ4n) is 1.92. The van der Waals surface area contributed by atoms with Crippen LogP contribution in [0.5, 0.6) is 11.5 Å². The molecule has 0 unspecified atom stereocenters. The fraction of sp³-hybridized carbons (Fsp3) is 0.353. The van der Waals surface area contributed by atoms with Gasteiger partial charge in [0.1, 0.15) is 12.4 Å². The number of aromatic nitrogens is 1. The molecule has 118 valence electrons. The predicted molar refractivity (Wildman–Crippen MR) is 87.4 cm³/mol. The summed E-state index contributed by atoms with van der Waals surface area (Å²) in [5, 5.41) is 0. The lowest BCUT2D eigenvalue weighted by molar-refractivity contribution is 0.261. The van der Waals surface area contributed by atoms with Crippen LogP contribution in [0.1, 0.15) is 13.8 Å². The van der Waals surface area contributed by atoms with Crippen molar-refractivity contribution in [1.82, 2.24) is 4.57 Å². The van der Waals surface area contributed by atoms with E-state index in [2.05, 4.69) is 0 Å². The van der Waals surface area contributed by atoms with Gasteiger partial charge in [0.15, 0.2) is 5.75 Å². The number of anilines is 1. The number of ether oxygens (including phenoxy) is 2. The highest BCUT2D eigenvalue weighted by Crippen LogP contribution is 2.14. The maximum absolute atomic E-state index is 12.2. The third-order valence-corrected chi connectivity index (χ3v) is 3.02. The largest absolute Gasteiger partial charge is 0.492 e. The van der Waals surface area contributed by atoms with Crippen LogP contribution in [0.25, 0.3) is 0 Å². The minimum Gasteiger partial charge on any atom is -0.492 e. The van der Waals surface area contributed by atoms with Crippen LogP contribution >= 0.6 is 0 Å². The van der Waals surface area contributed by atoms with Crippen molar-refractivity contribution in [2.24, 2.45) is 5.92 Å². The Hall–Kier alpha value is -2.43. The molecule has 0 radical (unpaired) electrons. The smallest absolute Gasteiger partial charge is 0.292 e. The molecule has 0 saturated carbocycles. The van der Waals surface area contributed by atoms with Gasteiger partial charge in [-0.25, -0.2) is 0 Å². The standard InChI is InChI=1S/C17H22N2O3/c1-13(2)12-22-16-7-4-8-19(17(16)20)9-10-21-15-6-3-5-14(18)11-15/h3-8,11,13H,9-10,12,18H2,1-2H3. The zero-order chi connectivity index (χ0) is 15.9. The molecule has 0 atom stereocenters. The molecule has 1 aromatic carbocycles. The van der Waals surface area contributed by atoms with Gasteiger partial charge in [-0.05, 0) is 30.2 Å². The van der Waals surface area contributed by atoms with E-state index in [9.17, 15) is 4.79 Å². The first-order chi connectivity index (χ1) is 10.6. The van der Waals surface area contributed by atoms with E-state index in [0.29, 0.717) is 42.9 Å². The van der Waals surface area contributed by atoms with Gasteiger partial charge in [-0.2, -0.15) is 0 Å². The quantitative estimate of drug-likeness (QED) is 0.798. The van der Waals surface area contributed by atoms with E-state index < -0.39 is 0 Å². The Morgan fingerprint density at radius 1 is 1.18 bits per heavy atom. The molecule has 1 heterocycles. The van der Waals surface area contributed by atoms with Crippen LogP contribution in [0.15, 0.2) is 47.4 Å². The van der Waals surface area contributed by atoms with Crippen LogP contribution in [-0.2, 0) is 6.54 Å². The topological polar surface area (TPSA) is 66.5 Å². The molecule has 22 heavy (non-hydrogen) atoms. The summed E-state index contributed by atoms with van der Waals surface area (Å²) in [5.41, 5.74) is 6.20. The lowest BCUT2D eigenvalue weighted by atomic mass is 10.2. The van der Waals surface area contributed by atoms with Crippen molar-refractivity contribution in [3.05, 3.63) is 52.9 Å². The van der Waals surface area contributed by atoms with Crippen molar-refractivity contribution in [3.63, 3.8) is 0 Å². The van der Waals surface area contributed by atoms with Crippen LogP contribution in [-0.4, -0.2) is 17.8 Å². The fourth-order valence-corrected chi connectivity index (χ4v) is 1.92. The number of benzene rings is 1. The molecule has 0 saturated heterocycles. The Morgan fingerprint density at radius 3 is 2.73 bits per heavy atom. The average molecular weight is 302 g/mol. The first kappa shape index (κ1) is 15.9. The van der Waals surface area contributed by atoms with Crippen LogP contribution in [0, 0.1) is 5.92 Å². The Kier molecular flexibility index (Phi) is 5.47. The molecule has 0 fully saturated rings. The van der Waals surface area contributed by atoms with Crippen molar-refractivity contribution in [2.45, 2.75) is 20.4 Å². The van der Waals surface area contributed by atoms with Gasteiger partial charge in [0, 0.05) is 18.0 Å². The van der Waals surface area contributed by atoms with Gasteiger partial charge in [-0.1, -0.05) is 19.9 Å². The van der Waals surface area contributed by atoms with Crippen molar-refractivity contribution >= 4 is 5.69 Å². The zero-order valence-corrected chi connectivity index (χ0v) is 13.0. The van der Waals surface area contributed by atoms with Gasteiger partial charge in [-0.3, -0.25) is 4.79 Å². The molecule has 2 aromatic rings. The van der Waals surface area contributed by atoms with Crippen LogP contribution in [0.2, 0.25) is 0 Å². The summed E-state index contributed by atoms with van der Waals surface area (Å²) in [4.78, 5) is 12.2. The van der Waals surface area contributed by atoms with E-state index in [-0.39, 0.29) is 5.56 Å². The van der Waals surface area contributed by atoms with Crippen molar-refractivity contribution in [1.29, 1.82) is 0 Å². The van der Waals surface area contributed by atoms with E-state index in [4.69, 9.17) is 15.2 Å². The molecule has 0 aliphatic rings. The number of hydrogen-bond donors (Lipinski definition) is 1. The highest BCUT2D eigenvalue weighted by atomic mass is 16.5. The Labute approximate surface area is 130 Å². The molecule has 1 aromatic heterocycles. The molecule has 0 spiro atoms. The monoisotopic (exact) mass is 302 g/mol. The molecule has 2 rings (SSSR count). The summed E-state index contributed by atoms with van der Waals surface area (Å²) in [5.74, 6) is 1.44. The van der Waals surface area contributed by atoms with Gasteiger partial charge < -0.3 is 19.8 Å². The minimum atomic E-state index is -0.140. The Bertz CT molecular complexity index is 665. The lowest BCUT2D eigenvalue weighted by Gasteiger charge is -2.11. The first-order valence-electron chi connectivity index (χ1n) is 7.37. The van der Waals surface area contributed by atoms with Gasteiger partial charge in [0.2, 0.25) is 0 Å². The SMILES string of the molecule is CC(C)COc1cccn(CCOc2cccc(N)c2)c1=O. The second-order valence-electron chi connectivity index (χ2n) is 5.50. The highest BCUT2D eigenvalue weighted by molar-refractivity contribution is 5.43. The van der Waals surface area contributed by atoms with Crippen LogP contribution < -0.4 is 20.8 Å². The summed E-state index contributed by atoms with van der Waals surface area (Å²) in [6, 6.07) is 10.7. The highest BCUT2D eigenvalue weighted by Gasteiger charge is 2.05. The first-order valence-corrected chi connectivity index (χ1v) is 7.37. The van der Waals surface area contributed by atoms with Gasteiger partial charge in [0.05, 0.1) is 13.2 Å². The average Bonchev–Trinajstić information content (AvgIpc) is 2.48. The van der Waals surface area contributed by atoms with Crippen molar-refractivity contribution in [3.8, 4) is 11.5 Å². The number of nitrogens with two attached hydrogens (primary N) is 1. The molecule has 5 heteroatoms. The summed E-state index contributed by atoms with van der Waals surface area (Å²) < 4.78 is 12.7. The molecule has 2 N–H and O–H groups in total. The second kappa shape index (κ2) is 7.54. The maximum Gasteiger partial charge on any atom is 0.292 e. The van der Waals surface area contributed by atoms with E-state index in [1.54, 1.807) is 35.0 Å². The predicted octanol–water partition coefficient (Wildman–Crippen LogP) is 2.54. The molecule has 0 aliphatic carbocycles. The normalized spacial score (nSPS) is 10.7. The Balaban J connectivity index is 1.95. The molecule has 0 amide bonds.